The van der Waals surface area contributed by atoms with E-state index in [1.54, 1.807) is 0 Å². The average Bonchev–Trinajstić information content (AvgIpc) is 2.29. The first-order valence-corrected chi connectivity index (χ1v) is 5.54. The molecule has 3 nitrogen and oxygen atoms in total. The molecule has 0 N–H and O–H groups in total. The van der Waals surface area contributed by atoms with Crippen LogP contribution in [-0.2, 0) is 6.42 Å². The predicted octanol–water partition coefficient (Wildman–Crippen LogP) is 3.17. The molecule has 0 aliphatic heterocycles. The number of aryl methyl sites for hydroxylation is 1. The van der Waals surface area contributed by atoms with Crippen molar-refractivity contribution in [1.82, 2.24) is 9.97 Å². The summed E-state index contributed by atoms with van der Waals surface area (Å²) in [4.78, 5) is 8.55. The van der Waals surface area contributed by atoms with Crippen LogP contribution in [0.2, 0.25) is 5.02 Å². The molecule has 2 aromatic rings. The highest BCUT2D eigenvalue weighted by Crippen LogP contribution is 2.20. The number of hydrogen-bond donors (Lipinski definition) is 0. The van der Waals surface area contributed by atoms with Gasteiger partial charge in [0.25, 0.3) is 0 Å². The van der Waals surface area contributed by atoms with Crippen molar-refractivity contribution < 1.29 is 0 Å². The minimum atomic E-state index is 0.224. The van der Waals surface area contributed by atoms with Gasteiger partial charge in [0, 0.05) is 16.3 Å². The second-order valence-electron chi connectivity index (χ2n) is 3.65. The van der Waals surface area contributed by atoms with Crippen molar-refractivity contribution >= 4 is 11.6 Å². The molecule has 1 aromatic carbocycles. The Kier molecular flexibility index (Phi) is 3.36. The first-order valence-electron chi connectivity index (χ1n) is 5.16. The maximum Gasteiger partial charge on any atom is 0.143 e. The summed E-state index contributed by atoms with van der Waals surface area (Å²) in [6.45, 7) is 1.89. The fourth-order valence-electron chi connectivity index (χ4n) is 1.55. The van der Waals surface area contributed by atoms with Gasteiger partial charge in [-0.3, -0.25) is 0 Å². The zero-order valence-corrected chi connectivity index (χ0v) is 10.1. The molecular weight excluding hydrogens is 234 g/mol. The van der Waals surface area contributed by atoms with E-state index in [9.17, 15) is 0 Å². The number of nitrogens with zero attached hydrogens (tertiary/aromatic N) is 3. The summed E-state index contributed by atoms with van der Waals surface area (Å²) in [5.74, 6) is 0.553. The van der Waals surface area contributed by atoms with Crippen LogP contribution in [0.25, 0.3) is 11.3 Å². The third-order valence-corrected chi connectivity index (χ3v) is 2.53. The third kappa shape index (κ3) is 2.80. The van der Waals surface area contributed by atoms with E-state index in [4.69, 9.17) is 16.9 Å². The van der Waals surface area contributed by atoms with E-state index >= 15 is 0 Å². The Morgan fingerprint density at radius 3 is 2.59 bits per heavy atom. The Hall–Kier alpha value is -1.92. The number of benzene rings is 1. The third-order valence-electron chi connectivity index (χ3n) is 2.28. The zero-order valence-electron chi connectivity index (χ0n) is 9.31. The highest BCUT2D eigenvalue weighted by atomic mass is 35.5. The van der Waals surface area contributed by atoms with Gasteiger partial charge >= 0.3 is 0 Å². The van der Waals surface area contributed by atoms with Crippen LogP contribution in [0.1, 0.15) is 11.5 Å². The lowest BCUT2D eigenvalue weighted by Crippen LogP contribution is -1.98. The largest absolute Gasteiger partial charge is 0.237 e. The molecule has 2 rings (SSSR count). The minimum absolute atomic E-state index is 0.224. The molecule has 0 bridgehead atoms. The molecule has 0 amide bonds. The van der Waals surface area contributed by atoms with E-state index in [2.05, 4.69) is 16.0 Å². The summed E-state index contributed by atoms with van der Waals surface area (Å²) in [5, 5.41) is 9.35. The fraction of sp³-hybridized carbons (Fsp3) is 0.154. The molecule has 1 aromatic heterocycles. The molecule has 17 heavy (non-hydrogen) atoms. The molecular formula is C13H10ClN3. The van der Waals surface area contributed by atoms with Gasteiger partial charge in [-0.25, -0.2) is 9.97 Å². The van der Waals surface area contributed by atoms with Gasteiger partial charge in [-0.1, -0.05) is 23.7 Å². The number of rotatable bonds is 2. The highest BCUT2D eigenvalue weighted by Gasteiger charge is 2.04. The molecule has 0 aliphatic rings. The molecule has 0 saturated carbocycles. The van der Waals surface area contributed by atoms with Crippen LogP contribution in [0.3, 0.4) is 0 Å². The summed E-state index contributed by atoms with van der Waals surface area (Å²) >= 11 is 5.84. The molecule has 0 unspecified atom stereocenters. The monoisotopic (exact) mass is 243 g/mol. The maximum absolute atomic E-state index is 8.66. The summed E-state index contributed by atoms with van der Waals surface area (Å²) in [5.41, 5.74) is 2.65. The SMILES string of the molecule is Cc1cc(-c2ccc(Cl)cc2)nc(CC#N)n1. The standard InChI is InChI=1S/C13H10ClN3/c1-9-8-12(17-13(16-9)6-7-15)10-2-4-11(14)5-3-10/h2-5,8H,6H2,1H3. The van der Waals surface area contributed by atoms with Crippen LogP contribution in [0.5, 0.6) is 0 Å². The van der Waals surface area contributed by atoms with Crippen molar-refractivity contribution in [3.05, 3.63) is 46.9 Å². The first kappa shape index (κ1) is 11.6. The van der Waals surface area contributed by atoms with Crippen molar-refractivity contribution in [2.24, 2.45) is 0 Å². The van der Waals surface area contributed by atoms with Crippen molar-refractivity contribution in [1.29, 1.82) is 5.26 Å². The Bertz CT molecular complexity index is 570. The summed E-state index contributed by atoms with van der Waals surface area (Å²) in [6.07, 6.45) is 0.224. The van der Waals surface area contributed by atoms with Crippen molar-refractivity contribution in [3.8, 4) is 17.3 Å². The molecule has 0 fully saturated rings. The van der Waals surface area contributed by atoms with Crippen LogP contribution < -0.4 is 0 Å². The van der Waals surface area contributed by atoms with Crippen LogP contribution >= 0.6 is 11.6 Å². The second kappa shape index (κ2) is 4.94. The molecule has 84 valence electrons. The minimum Gasteiger partial charge on any atom is -0.237 e. The van der Waals surface area contributed by atoms with Crippen LogP contribution in [0, 0.1) is 18.3 Å². The number of nitriles is 1. The second-order valence-corrected chi connectivity index (χ2v) is 4.09. The van der Waals surface area contributed by atoms with E-state index in [1.807, 2.05) is 37.3 Å². The predicted molar refractivity (Wildman–Crippen MR) is 66.5 cm³/mol. The number of hydrogen-bond acceptors (Lipinski definition) is 3. The zero-order chi connectivity index (χ0) is 12.3. The molecule has 0 atom stereocenters. The first-order chi connectivity index (χ1) is 8.19. The lowest BCUT2D eigenvalue weighted by molar-refractivity contribution is 0.969. The Labute approximate surface area is 105 Å². The Balaban J connectivity index is 2.45. The quantitative estimate of drug-likeness (QED) is 0.814. The van der Waals surface area contributed by atoms with Crippen LogP contribution in [0.4, 0.5) is 0 Å². The average molecular weight is 244 g/mol. The molecule has 4 heteroatoms. The smallest absolute Gasteiger partial charge is 0.143 e. The van der Waals surface area contributed by atoms with Gasteiger partial charge in [-0.2, -0.15) is 5.26 Å². The maximum atomic E-state index is 8.66. The van der Waals surface area contributed by atoms with Gasteiger partial charge in [-0.05, 0) is 25.1 Å². The van der Waals surface area contributed by atoms with Crippen molar-refractivity contribution in [2.75, 3.05) is 0 Å². The molecule has 0 radical (unpaired) electrons. The van der Waals surface area contributed by atoms with Gasteiger partial charge in [0.15, 0.2) is 0 Å². The van der Waals surface area contributed by atoms with Gasteiger partial charge in [0.1, 0.15) is 5.82 Å². The van der Waals surface area contributed by atoms with E-state index in [0.717, 1.165) is 17.0 Å². The van der Waals surface area contributed by atoms with Gasteiger partial charge < -0.3 is 0 Å². The topological polar surface area (TPSA) is 49.6 Å². The number of halogens is 1. The van der Waals surface area contributed by atoms with Gasteiger partial charge in [-0.15, -0.1) is 0 Å². The Morgan fingerprint density at radius 1 is 1.24 bits per heavy atom. The van der Waals surface area contributed by atoms with E-state index in [0.29, 0.717) is 10.8 Å². The van der Waals surface area contributed by atoms with E-state index in [1.165, 1.54) is 0 Å². The lowest BCUT2D eigenvalue weighted by atomic mass is 10.1. The van der Waals surface area contributed by atoms with Gasteiger partial charge in [0.05, 0.1) is 18.2 Å². The highest BCUT2D eigenvalue weighted by molar-refractivity contribution is 6.30. The molecule has 1 heterocycles. The summed E-state index contributed by atoms with van der Waals surface area (Å²) < 4.78 is 0. The van der Waals surface area contributed by atoms with Crippen molar-refractivity contribution in [3.63, 3.8) is 0 Å². The van der Waals surface area contributed by atoms with Crippen LogP contribution in [0.15, 0.2) is 30.3 Å². The number of aromatic nitrogens is 2. The van der Waals surface area contributed by atoms with E-state index in [-0.39, 0.29) is 6.42 Å². The lowest BCUT2D eigenvalue weighted by Gasteiger charge is -2.04. The molecule has 0 spiro atoms. The van der Waals surface area contributed by atoms with Crippen LogP contribution in [-0.4, -0.2) is 9.97 Å². The Morgan fingerprint density at radius 2 is 1.94 bits per heavy atom. The normalized spacial score (nSPS) is 9.94. The fourth-order valence-corrected chi connectivity index (χ4v) is 1.67. The van der Waals surface area contributed by atoms with E-state index < -0.39 is 0 Å². The summed E-state index contributed by atoms with van der Waals surface area (Å²) in [6, 6.07) is 11.4. The molecule has 0 aliphatic carbocycles. The van der Waals surface area contributed by atoms with Crippen molar-refractivity contribution in [2.45, 2.75) is 13.3 Å². The van der Waals surface area contributed by atoms with Gasteiger partial charge in [0.2, 0.25) is 0 Å². The molecule has 0 saturated heterocycles. The summed E-state index contributed by atoms with van der Waals surface area (Å²) in [7, 11) is 0.